The summed E-state index contributed by atoms with van der Waals surface area (Å²) in [6, 6.07) is 32.3. The molecule has 0 saturated heterocycles. The van der Waals surface area contributed by atoms with E-state index in [-0.39, 0.29) is 24.0 Å². The summed E-state index contributed by atoms with van der Waals surface area (Å²) in [5.41, 5.74) is 0. The number of hydrogen-bond acceptors (Lipinski definition) is 0. The van der Waals surface area contributed by atoms with Crippen molar-refractivity contribution >= 4 is 47.2 Å². The van der Waals surface area contributed by atoms with Crippen LogP contribution < -0.4 is 15.9 Å². The summed E-state index contributed by atoms with van der Waals surface area (Å²) in [4.78, 5) is 0. The van der Waals surface area contributed by atoms with Crippen LogP contribution in [0.25, 0.3) is 0 Å². The van der Waals surface area contributed by atoms with E-state index in [1.807, 2.05) is 0 Å². The molecule has 3 rings (SSSR count). The number of halogens is 1. The molecule has 0 aliphatic heterocycles. The van der Waals surface area contributed by atoms with Gasteiger partial charge in [0.25, 0.3) is 0 Å². The van der Waals surface area contributed by atoms with E-state index < -0.39 is 7.26 Å². The first-order valence-electron chi connectivity index (χ1n) is 7.18. The summed E-state index contributed by atoms with van der Waals surface area (Å²) in [6.45, 7) is 4.22. The van der Waals surface area contributed by atoms with Crippen LogP contribution in [-0.2, 0) is 0 Å². The van der Waals surface area contributed by atoms with Gasteiger partial charge in [0.2, 0.25) is 0 Å². The number of rotatable bonds is 4. The van der Waals surface area contributed by atoms with Gasteiger partial charge in [-0.1, -0.05) is 0 Å². The van der Waals surface area contributed by atoms with Crippen molar-refractivity contribution < 1.29 is 0 Å². The average Bonchev–Trinajstić information content (AvgIpc) is 2.59. The fourth-order valence-corrected chi connectivity index (χ4v) is 6.82. The second kappa shape index (κ2) is 7.71. The fourth-order valence-electron chi connectivity index (χ4n) is 2.96. The third-order valence-electron chi connectivity index (χ3n) is 3.99. The maximum atomic E-state index is 4.22. The molecule has 0 atom stereocenters. The van der Waals surface area contributed by atoms with E-state index in [2.05, 4.69) is 103 Å². The van der Waals surface area contributed by atoms with Gasteiger partial charge < -0.3 is 0 Å². The SMILES string of the molecule is C=C[PH](c1ccccc1)(c1ccccc1)c1ccccc1.I. The van der Waals surface area contributed by atoms with E-state index in [0.717, 1.165) is 0 Å². The molecule has 0 spiro atoms. The normalized spacial score (nSPS) is 11.3. The number of hydrogen-bond donors (Lipinski definition) is 0. The van der Waals surface area contributed by atoms with Crippen molar-refractivity contribution in [1.29, 1.82) is 0 Å². The van der Waals surface area contributed by atoms with E-state index in [0.29, 0.717) is 0 Å². The van der Waals surface area contributed by atoms with Crippen LogP contribution in [-0.4, -0.2) is 0 Å². The van der Waals surface area contributed by atoms with Gasteiger partial charge in [0.1, 0.15) is 0 Å². The largest absolute Gasteiger partial charge is 0.107 e. The second-order valence-corrected chi connectivity index (χ2v) is 8.87. The maximum absolute atomic E-state index is 4.22. The second-order valence-electron chi connectivity index (χ2n) is 5.11. The molecular formula is C20H20IP. The first kappa shape index (κ1) is 16.9. The van der Waals surface area contributed by atoms with Gasteiger partial charge in [-0.3, -0.25) is 0 Å². The van der Waals surface area contributed by atoms with Gasteiger partial charge in [0.15, 0.2) is 0 Å². The van der Waals surface area contributed by atoms with Crippen LogP contribution in [0.15, 0.2) is 103 Å². The van der Waals surface area contributed by atoms with Crippen molar-refractivity contribution in [2.75, 3.05) is 0 Å². The summed E-state index contributed by atoms with van der Waals surface area (Å²) in [5, 5.41) is 4.12. The predicted octanol–water partition coefficient (Wildman–Crippen LogP) is 4.47. The van der Waals surface area contributed by atoms with Gasteiger partial charge in [-0.15, -0.1) is 24.0 Å². The molecule has 0 aliphatic rings. The van der Waals surface area contributed by atoms with E-state index in [4.69, 9.17) is 0 Å². The van der Waals surface area contributed by atoms with Crippen molar-refractivity contribution in [3.05, 3.63) is 103 Å². The van der Waals surface area contributed by atoms with Crippen LogP contribution in [0.3, 0.4) is 0 Å². The minimum atomic E-state index is -2.13. The van der Waals surface area contributed by atoms with Crippen LogP contribution in [0, 0.1) is 0 Å². The molecule has 0 heterocycles. The Labute approximate surface area is 150 Å². The van der Waals surface area contributed by atoms with Gasteiger partial charge in [-0.2, -0.15) is 0 Å². The molecule has 0 nitrogen and oxygen atoms in total. The van der Waals surface area contributed by atoms with Crippen LogP contribution >= 0.6 is 31.2 Å². The topological polar surface area (TPSA) is 0 Å². The Morgan fingerprint density at radius 2 is 0.818 bits per heavy atom. The van der Waals surface area contributed by atoms with Crippen LogP contribution in [0.1, 0.15) is 0 Å². The monoisotopic (exact) mass is 418 g/mol. The standard InChI is InChI=1S/C20H19P.HI/c1-2-21(18-12-6-3-7-13-18,19-14-8-4-9-15-19)20-16-10-5-11-17-20;/h2-17,21H,1H2;1H. The Balaban J connectivity index is 0.00000176. The maximum Gasteiger partial charge on any atom is -0.107 e. The van der Waals surface area contributed by atoms with Crippen LogP contribution in [0.2, 0.25) is 0 Å². The molecule has 0 radical (unpaired) electrons. The average molecular weight is 418 g/mol. The predicted molar refractivity (Wildman–Crippen MR) is 112 cm³/mol. The van der Waals surface area contributed by atoms with Crippen LogP contribution in [0.4, 0.5) is 0 Å². The number of benzene rings is 3. The first-order valence-corrected chi connectivity index (χ1v) is 9.26. The van der Waals surface area contributed by atoms with E-state index in [1.54, 1.807) is 0 Å². The molecule has 22 heavy (non-hydrogen) atoms. The smallest absolute Gasteiger partial charge is 0.107 e. The molecule has 0 unspecified atom stereocenters. The fraction of sp³-hybridized carbons (Fsp3) is 0. The zero-order chi connectivity index (χ0) is 14.5. The van der Waals surface area contributed by atoms with E-state index >= 15 is 0 Å². The van der Waals surface area contributed by atoms with Crippen molar-refractivity contribution in [3.8, 4) is 0 Å². The zero-order valence-corrected chi connectivity index (χ0v) is 15.7. The van der Waals surface area contributed by atoms with Crippen molar-refractivity contribution in [1.82, 2.24) is 0 Å². The molecular weight excluding hydrogens is 398 g/mol. The summed E-state index contributed by atoms with van der Waals surface area (Å²) < 4.78 is 0. The molecule has 0 aromatic heterocycles. The van der Waals surface area contributed by atoms with Gasteiger partial charge >= 0.3 is 127 Å². The Morgan fingerprint density at radius 1 is 0.545 bits per heavy atom. The molecule has 3 aromatic rings. The minimum Gasteiger partial charge on any atom is -0.107 e. The zero-order valence-electron chi connectivity index (χ0n) is 12.4. The van der Waals surface area contributed by atoms with Gasteiger partial charge in [0.05, 0.1) is 0 Å². The van der Waals surface area contributed by atoms with Crippen LogP contribution in [0.5, 0.6) is 0 Å². The Morgan fingerprint density at radius 3 is 1.05 bits per heavy atom. The molecule has 3 aromatic carbocycles. The molecule has 2 heteroatoms. The molecule has 0 N–H and O–H groups in total. The van der Waals surface area contributed by atoms with Gasteiger partial charge in [0, 0.05) is 0 Å². The molecule has 0 saturated carbocycles. The van der Waals surface area contributed by atoms with Gasteiger partial charge in [-0.05, 0) is 0 Å². The Kier molecular flexibility index (Phi) is 5.93. The van der Waals surface area contributed by atoms with E-state index in [9.17, 15) is 0 Å². The summed E-state index contributed by atoms with van der Waals surface area (Å²) in [7, 11) is -2.13. The molecule has 0 fully saturated rings. The van der Waals surface area contributed by atoms with Gasteiger partial charge in [-0.25, -0.2) is 0 Å². The molecule has 0 bridgehead atoms. The Hall–Kier alpha value is -1.44. The third-order valence-corrected chi connectivity index (χ3v) is 8.34. The first-order chi connectivity index (χ1) is 10.4. The summed E-state index contributed by atoms with van der Waals surface area (Å²) >= 11 is 0. The van der Waals surface area contributed by atoms with Crippen molar-refractivity contribution in [3.63, 3.8) is 0 Å². The Bertz CT molecular complexity index is 612. The molecule has 112 valence electrons. The minimum absolute atomic E-state index is 0. The van der Waals surface area contributed by atoms with E-state index in [1.165, 1.54) is 15.9 Å². The molecule has 0 aliphatic carbocycles. The quantitative estimate of drug-likeness (QED) is 0.433. The van der Waals surface area contributed by atoms with Crippen molar-refractivity contribution in [2.45, 2.75) is 0 Å². The summed E-state index contributed by atoms with van der Waals surface area (Å²) in [6.07, 6.45) is 0. The third kappa shape index (κ3) is 3.02. The van der Waals surface area contributed by atoms with Crippen molar-refractivity contribution in [2.24, 2.45) is 0 Å². The molecule has 0 amide bonds. The summed E-state index contributed by atoms with van der Waals surface area (Å²) in [5.74, 6) is 2.19.